The van der Waals surface area contributed by atoms with Gasteiger partial charge in [-0.15, -0.1) is 11.3 Å². The van der Waals surface area contributed by atoms with Crippen molar-refractivity contribution in [2.24, 2.45) is 11.8 Å². The normalized spacial score (nSPS) is 29.7. The number of hydrogen-bond donors (Lipinski definition) is 1. The quantitative estimate of drug-likeness (QED) is 0.551. The lowest BCUT2D eigenvalue weighted by molar-refractivity contribution is -0.120. The molecule has 0 bridgehead atoms. The zero-order valence-corrected chi connectivity index (χ0v) is 20.5. The minimum Gasteiger partial charge on any atom is -0.465 e. The maximum absolute atomic E-state index is 12.8. The van der Waals surface area contributed by atoms with Gasteiger partial charge in [-0.05, 0) is 75.2 Å². The first-order chi connectivity index (χ1) is 15.4. The summed E-state index contributed by atoms with van der Waals surface area (Å²) in [6.45, 7) is 3.34. The van der Waals surface area contributed by atoms with Crippen LogP contribution in [0, 0.1) is 11.8 Å². The fourth-order valence-corrected chi connectivity index (χ4v) is 7.14. The molecule has 0 saturated heterocycles. The summed E-state index contributed by atoms with van der Waals surface area (Å²) in [5, 5.41) is 10.1. The van der Waals surface area contributed by atoms with Crippen molar-refractivity contribution in [3.8, 4) is 0 Å². The Hall–Kier alpha value is -1.40. The lowest BCUT2D eigenvalue weighted by Gasteiger charge is -2.40. The second-order valence-corrected chi connectivity index (χ2v) is 11.5. The first-order valence-electron chi connectivity index (χ1n) is 12.6. The third-order valence-corrected chi connectivity index (χ3v) is 9.32. The van der Waals surface area contributed by atoms with Crippen LogP contribution in [0.2, 0.25) is 0 Å². The molecule has 1 N–H and O–H groups in total. The van der Waals surface area contributed by atoms with Crippen molar-refractivity contribution in [3.63, 3.8) is 0 Å². The second kappa shape index (κ2) is 10.7. The molecule has 3 saturated carbocycles. The number of rotatable bonds is 6. The van der Waals surface area contributed by atoms with E-state index in [9.17, 15) is 14.7 Å². The SMILES string of the molecule is COC(=O)c1sc(C2CCC(=O)CC2)cc1N(CC1CCC(C)CC1)C1CCC(O)CC1. The Morgan fingerprint density at radius 1 is 1.06 bits per heavy atom. The molecular weight excluding hydrogens is 422 g/mol. The van der Waals surface area contributed by atoms with Gasteiger partial charge in [0, 0.05) is 30.3 Å². The summed E-state index contributed by atoms with van der Waals surface area (Å²) in [5.41, 5.74) is 1.04. The summed E-state index contributed by atoms with van der Waals surface area (Å²) < 4.78 is 5.20. The fraction of sp³-hybridized carbons (Fsp3) is 0.769. The molecule has 0 aromatic carbocycles. The Morgan fingerprint density at radius 3 is 2.34 bits per heavy atom. The Bertz CT molecular complexity index is 780. The van der Waals surface area contributed by atoms with E-state index in [4.69, 9.17) is 4.74 Å². The predicted molar refractivity (Wildman–Crippen MR) is 129 cm³/mol. The molecule has 1 aromatic rings. The number of carbonyl (C=O) groups excluding carboxylic acids is 2. The van der Waals surface area contributed by atoms with Crippen molar-refractivity contribution < 1.29 is 19.4 Å². The van der Waals surface area contributed by atoms with Crippen molar-refractivity contribution in [2.75, 3.05) is 18.6 Å². The Balaban J connectivity index is 1.63. The highest BCUT2D eigenvalue weighted by molar-refractivity contribution is 7.14. The van der Waals surface area contributed by atoms with Gasteiger partial charge >= 0.3 is 5.97 Å². The maximum atomic E-state index is 12.8. The fourth-order valence-electron chi connectivity index (χ4n) is 5.88. The number of Topliss-reactive ketones (excluding diaryl/α,β-unsaturated/α-hetero) is 1. The summed E-state index contributed by atoms with van der Waals surface area (Å²) >= 11 is 1.58. The number of esters is 1. The summed E-state index contributed by atoms with van der Waals surface area (Å²) in [7, 11) is 1.47. The molecule has 32 heavy (non-hydrogen) atoms. The van der Waals surface area contributed by atoms with Crippen molar-refractivity contribution in [1.29, 1.82) is 0 Å². The largest absolute Gasteiger partial charge is 0.465 e. The molecule has 0 atom stereocenters. The average Bonchev–Trinajstić information content (AvgIpc) is 3.24. The number of thiophene rings is 1. The van der Waals surface area contributed by atoms with Gasteiger partial charge < -0.3 is 14.7 Å². The van der Waals surface area contributed by atoms with Crippen LogP contribution in [0.1, 0.15) is 104 Å². The predicted octanol–water partition coefficient (Wildman–Crippen LogP) is 5.70. The number of ketones is 1. The summed E-state index contributed by atoms with van der Waals surface area (Å²) in [6, 6.07) is 2.60. The highest BCUT2D eigenvalue weighted by Crippen LogP contribution is 2.43. The molecule has 3 fully saturated rings. The standard InChI is InChI=1S/C26H39NO4S/c1-17-3-5-18(6-4-17)16-27(20-9-13-22(29)14-10-20)23-15-24(32-25(23)26(30)31-2)19-7-11-21(28)12-8-19/h15,17-20,22,29H,3-14,16H2,1-2H3. The molecule has 0 amide bonds. The smallest absolute Gasteiger partial charge is 0.350 e. The minimum atomic E-state index is -0.249. The zero-order valence-electron chi connectivity index (χ0n) is 19.7. The van der Waals surface area contributed by atoms with Crippen LogP contribution in [0.4, 0.5) is 5.69 Å². The van der Waals surface area contributed by atoms with Crippen LogP contribution < -0.4 is 4.90 Å². The van der Waals surface area contributed by atoms with Crippen molar-refractivity contribution >= 4 is 28.8 Å². The Kier molecular flexibility index (Phi) is 7.93. The van der Waals surface area contributed by atoms with Gasteiger partial charge in [0.1, 0.15) is 10.7 Å². The zero-order chi connectivity index (χ0) is 22.7. The van der Waals surface area contributed by atoms with Crippen LogP contribution >= 0.6 is 11.3 Å². The number of hydrogen-bond acceptors (Lipinski definition) is 6. The summed E-state index contributed by atoms with van der Waals surface area (Å²) in [6.07, 6.45) is 11.6. The lowest BCUT2D eigenvalue weighted by Crippen LogP contribution is -2.43. The number of carbonyl (C=O) groups is 2. The molecule has 0 radical (unpaired) electrons. The van der Waals surface area contributed by atoms with Crippen LogP contribution in [0.15, 0.2) is 6.07 Å². The van der Waals surface area contributed by atoms with Crippen LogP contribution in [-0.2, 0) is 9.53 Å². The highest BCUT2D eigenvalue weighted by atomic mass is 32.1. The van der Waals surface area contributed by atoms with E-state index in [0.717, 1.165) is 61.6 Å². The topological polar surface area (TPSA) is 66.8 Å². The molecule has 3 aliphatic carbocycles. The molecule has 3 aliphatic rings. The van der Waals surface area contributed by atoms with E-state index in [1.165, 1.54) is 37.7 Å². The number of ether oxygens (including phenoxy) is 1. The van der Waals surface area contributed by atoms with Gasteiger partial charge in [-0.2, -0.15) is 0 Å². The van der Waals surface area contributed by atoms with Gasteiger partial charge in [-0.3, -0.25) is 4.79 Å². The third kappa shape index (κ3) is 5.56. The number of methoxy groups -OCH3 is 1. The van der Waals surface area contributed by atoms with Crippen molar-refractivity contribution in [3.05, 3.63) is 15.8 Å². The van der Waals surface area contributed by atoms with E-state index in [2.05, 4.69) is 17.9 Å². The summed E-state index contributed by atoms with van der Waals surface area (Å²) in [5.74, 6) is 1.94. The Morgan fingerprint density at radius 2 is 1.72 bits per heavy atom. The molecule has 4 rings (SSSR count). The molecule has 1 aromatic heterocycles. The molecule has 5 nitrogen and oxygen atoms in total. The number of aliphatic hydroxyl groups excluding tert-OH is 1. The van der Waals surface area contributed by atoms with Gasteiger partial charge in [0.25, 0.3) is 0 Å². The molecule has 1 heterocycles. The molecular formula is C26H39NO4S. The monoisotopic (exact) mass is 461 g/mol. The van der Waals surface area contributed by atoms with Gasteiger partial charge in [-0.25, -0.2) is 4.79 Å². The molecule has 0 spiro atoms. The molecule has 6 heteroatoms. The van der Waals surface area contributed by atoms with Crippen LogP contribution in [-0.4, -0.2) is 42.7 Å². The first-order valence-corrected chi connectivity index (χ1v) is 13.4. The number of anilines is 1. The van der Waals surface area contributed by atoms with E-state index in [0.29, 0.717) is 36.5 Å². The lowest BCUT2D eigenvalue weighted by atomic mass is 9.82. The molecule has 0 aliphatic heterocycles. The molecule has 0 unspecified atom stereocenters. The molecule has 178 valence electrons. The average molecular weight is 462 g/mol. The maximum Gasteiger partial charge on any atom is 0.350 e. The van der Waals surface area contributed by atoms with Gasteiger partial charge in [0.2, 0.25) is 0 Å². The minimum absolute atomic E-state index is 0.193. The van der Waals surface area contributed by atoms with E-state index >= 15 is 0 Å². The van der Waals surface area contributed by atoms with Gasteiger partial charge in [-0.1, -0.05) is 19.8 Å². The van der Waals surface area contributed by atoms with E-state index in [1.807, 2.05) is 0 Å². The summed E-state index contributed by atoms with van der Waals surface area (Å²) in [4.78, 5) is 29.0. The van der Waals surface area contributed by atoms with Crippen LogP contribution in [0.5, 0.6) is 0 Å². The number of nitrogens with zero attached hydrogens (tertiary/aromatic N) is 1. The van der Waals surface area contributed by atoms with E-state index in [1.54, 1.807) is 11.3 Å². The first kappa shape index (κ1) is 23.7. The van der Waals surface area contributed by atoms with Crippen molar-refractivity contribution in [2.45, 2.75) is 102 Å². The van der Waals surface area contributed by atoms with Crippen molar-refractivity contribution in [1.82, 2.24) is 0 Å². The third-order valence-electron chi connectivity index (χ3n) is 8.05. The second-order valence-electron chi connectivity index (χ2n) is 10.4. The van der Waals surface area contributed by atoms with Gasteiger partial charge in [0.05, 0.1) is 18.9 Å². The number of aliphatic hydroxyl groups is 1. The van der Waals surface area contributed by atoms with E-state index < -0.39 is 0 Å². The van der Waals surface area contributed by atoms with Crippen LogP contribution in [0.25, 0.3) is 0 Å². The Labute approximate surface area is 196 Å². The highest BCUT2D eigenvalue weighted by Gasteiger charge is 2.33. The van der Waals surface area contributed by atoms with Gasteiger partial charge in [0.15, 0.2) is 0 Å². The van der Waals surface area contributed by atoms with Crippen LogP contribution in [0.3, 0.4) is 0 Å². The van der Waals surface area contributed by atoms with E-state index in [-0.39, 0.29) is 12.1 Å².